The Bertz CT molecular complexity index is 508. The second-order valence-electron chi connectivity index (χ2n) is 5.31. The van der Waals surface area contributed by atoms with Gasteiger partial charge < -0.3 is 24.4 Å². The van der Waals surface area contributed by atoms with Crippen LogP contribution >= 0.6 is 0 Å². The summed E-state index contributed by atoms with van der Waals surface area (Å²) in [5.74, 6) is 1.48. The Kier molecular flexibility index (Phi) is 4.15. The molecular formula is C15H20N2O4. The lowest BCUT2D eigenvalue weighted by Gasteiger charge is -2.32. The molecule has 114 valence electrons. The number of carbonyl (C=O) groups is 1. The van der Waals surface area contributed by atoms with E-state index in [2.05, 4.69) is 5.32 Å². The van der Waals surface area contributed by atoms with Gasteiger partial charge in [0.25, 0.3) is 0 Å². The van der Waals surface area contributed by atoms with E-state index >= 15 is 0 Å². The van der Waals surface area contributed by atoms with E-state index in [0.29, 0.717) is 32.8 Å². The summed E-state index contributed by atoms with van der Waals surface area (Å²) in [5.41, 5.74) is 0. The fourth-order valence-corrected chi connectivity index (χ4v) is 2.48. The second kappa shape index (κ2) is 6.22. The van der Waals surface area contributed by atoms with Gasteiger partial charge in [-0.05, 0) is 19.1 Å². The Balaban J connectivity index is 1.49. The van der Waals surface area contributed by atoms with Crippen molar-refractivity contribution >= 4 is 6.03 Å². The summed E-state index contributed by atoms with van der Waals surface area (Å²) in [6.07, 6.45) is -0.0760. The molecule has 1 aromatic rings. The molecule has 0 aliphatic carbocycles. The van der Waals surface area contributed by atoms with Gasteiger partial charge in [0, 0.05) is 13.1 Å². The number of ether oxygens (including phenoxy) is 3. The third kappa shape index (κ3) is 3.39. The minimum absolute atomic E-state index is 0.0763. The van der Waals surface area contributed by atoms with Crippen molar-refractivity contribution in [1.29, 1.82) is 0 Å². The van der Waals surface area contributed by atoms with Crippen LogP contribution in [0.2, 0.25) is 0 Å². The van der Waals surface area contributed by atoms with E-state index < -0.39 is 0 Å². The van der Waals surface area contributed by atoms with Crippen molar-refractivity contribution in [1.82, 2.24) is 10.2 Å². The van der Waals surface area contributed by atoms with Gasteiger partial charge in [-0.25, -0.2) is 4.79 Å². The SMILES string of the molecule is CC1CN(C(=O)NCC2COc3ccccc3O2)CCO1. The van der Waals surface area contributed by atoms with E-state index in [-0.39, 0.29) is 18.2 Å². The van der Waals surface area contributed by atoms with Crippen LogP contribution in [-0.4, -0.2) is 56.0 Å². The first-order valence-electron chi connectivity index (χ1n) is 7.25. The molecule has 2 unspecified atom stereocenters. The predicted octanol–water partition coefficient (Wildman–Crippen LogP) is 1.26. The van der Waals surface area contributed by atoms with Crippen molar-refractivity contribution < 1.29 is 19.0 Å². The van der Waals surface area contributed by atoms with Crippen LogP contribution in [-0.2, 0) is 4.74 Å². The van der Waals surface area contributed by atoms with Crippen LogP contribution in [0.4, 0.5) is 4.79 Å². The van der Waals surface area contributed by atoms with Crippen molar-refractivity contribution in [2.24, 2.45) is 0 Å². The van der Waals surface area contributed by atoms with E-state index in [1.165, 1.54) is 0 Å². The molecule has 6 heteroatoms. The van der Waals surface area contributed by atoms with Gasteiger partial charge in [-0.1, -0.05) is 12.1 Å². The van der Waals surface area contributed by atoms with Crippen molar-refractivity contribution in [3.63, 3.8) is 0 Å². The highest BCUT2D eigenvalue weighted by atomic mass is 16.6. The summed E-state index contributed by atoms with van der Waals surface area (Å²) in [5, 5.41) is 2.90. The Labute approximate surface area is 124 Å². The number of rotatable bonds is 2. The van der Waals surface area contributed by atoms with Gasteiger partial charge in [-0.3, -0.25) is 0 Å². The standard InChI is InChI=1S/C15H20N2O4/c1-11-9-17(6-7-19-11)15(18)16-8-12-10-20-13-4-2-3-5-14(13)21-12/h2-5,11-12H,6-10H2,1H3,(H,16,18). The Morgan fingerprint density at radius 2 is 2.19 bits per heavy atom. The average molecular weight is 292 g/mol. The molecular weight excluding hydrogens is 272 g/mol. The molecule has 1 fully saturated rings. The molecule has 1 aromatic carbocycles. The number of amides is 2. The van der Waals surface area contributed by atoms with Crippen LogP contribution in [0.1, 0.15) is 6.92 Å². The minimum atomic E-state index is -0.165. The van der Waals surface area contributed by atoms with Gasteiger partial charge in [0.15, 0.2) is 17.6 Å². The number of fused-ring (bicyclic) bond motifs is 1. The van der Waals surface area contributed by atoms with Crippen LogP contribution in [0.5, 0.6) is 11.5 Å². The third-order valence-electron chi connectivity index (χ3n) is 3.58. The van der Waals surface area contributed by atoms with Crippen LogP contribution in [0.15, 0.2) is 24.3 Å². The third-order valence-corrected chi connectivity index (χ3v) is 3.58. The lowest BCUT2D eigenvalue weighted by Crippen LogP contribution is -2.51. The summed E-state index contributed by atoms with van der Waals surface area (Å²) in [6, 6.07) is 7.47. The first-order valence-corrected chi connectivity index (χ1v) is 7.25. The van der Waals surface area contributed by atoms with E-state index in [1.54, 1.807) is 4.90 Å². The number of para-hydroxylation sites is 2. The number of nitrogens with zero attached hydrogens (tertiary/aromatic N) is 1. The van der Waals surface area contributed by atoms with E-state index in [1.807, 2.05) is 31.2 Å². The second-order valence-corrected chi connectivity index (χ2v) is 5.31. The molecule has 0 spiro atoms. The normalized spacial score (nSPS) is 24.5. The van der Waals surface area contributed by atoms with Crippen molar-refractivity contribution in [3.8, 4) is 11.5 Å². The fraction of sp³-hybridized carbons (Fsp3) is 0.533. The predicted molar refractivity (Wildman–Crippen MR) is 76.7 cm³/mol. The molecule has 3 rings (SSSR count). The molecule has 2 heterocycles. The minimum Gasteiger partial charge on any atom is -0.486 e. The van der Waals surface area contributed by atoms with Crippen LogP contribution < -0.4 is 14.8 Å². The van der Waals surface area contributed by atoms with Crippen molar-refractivity contribution in [3.05, 3.63) is 24.3 Å². The topological polar surface area (TPSA) is 60.0 Å². The maximum Gasteiger partial charge on any atom is 0.317 e. The molecule has 0 radical (unpaired) electrons. The van der Waals surface area contributed by atoms with Gasteiger partial charge in [0.05, 0.1) is 19.3 Å². The van der Waals surface area contributed by atoms with Crippen LogP contribution in [0.25, 0.3) is 0 Å². The zero-order valence-corrected chi connectivity index (χ0v) is 12.1. The molecule has 2 aliphatic heterocycles. The highest BCUT2D eigenvalue weighted by Gasteiger charge is 2.24. The molecule has 2 atom stereocenters. The monoisotopic (exact) mass is 292 g/mol. The maximum atomic E-state index is 12.1. The first-order chi connectivity index (χ1) is 10.2. The lowest BCUT2D eigenvalue weighted by atomic mass is 10.2. The van der Waals surface area contributed by atoms with Crippen LogP contribution in [0, 0.1) is 0 Å². The molecule has 2 aliphatic rings. The van der Waals surface area contributed by atoms with Gasteiger partial charge in [-0.15, -0.1) is 0 Å². The van der Waals surface area contributed by atoms with Crippen molar-refractivity contribution in [2.45, 2.75) is 19.1 Å². The smallest absolute Gasteiger partial charge is 0.317 e. The van der Waals surface area contributed by atoms with Crippen molar-refractivity contribution in [2.75, 3.05) is 32.8 Å². The number of carbonyl (C=O) groups excluding carboxylic acids is 1. The van der Waals surface area contributed by atoms with Gasteiger partial charge in [0.2, 0.25) is 0 Å². The molecule has 0 aromatic heterocycles. The zero-order valence-electron chi connectivity index (χ0n) is 12.1. The van der Waals surface area contributed by atoms with E-state index in [0.717, 1.165) is 11.5 Å². The molecule has 1 N–H and O–H groups in total. The number of urea groups is 1. The van der Waals surface area contributed by atoms with Gasteiger partial charge in [0.1, 0.15) is 6.61 Å². The average Bonchev–Trinajstić information content (AvgIpc) is 2.52. The van der Waals surface area contributed by atoms with E-state index in [9.17, 15) is 4.79 Å². The Morgan fingerprint density at radius 3 is 3.00 bits per heavy atom. The summed E-state index contributed by atoms with van der Waals surface area (Å²) >= 11 is 0. The van der Waals surface area contributed by atoms with Gasteiger partial charge in [-0.2, -0.15) is 0 Å². The summed E-state index contributed by atoms with van der Waals surface area (Å²) in [7, 11) is 0. The highest BCUT2D eigenvalue weighted by Crippen LogP contribution is 2.30. The Morgan fingerprint density at radius 1 is 1.38 bits per heavy atom. The summed E-state index contributed by atoms with van der Waals surface area (Å²) in [6.45, 7) is 4.67. The maximum absolute atomic E-state index is 12.1. The zero-order chi connectivity index (χ0) is 14.7. The van der Waals surface area contributed by atoms with Gasteiger partial charge >= 0.3 is 6.03 Å². The summed E-state index contributed by atoms with van der Waals surface area (Å²) < 4.78 is 16.9. The number of hydrogen-bond acceptors (Lipinski definition) is 4. The first kappa shape index (κ1) is 14.0. The lowest BCUT2D eigenvalue weighted by molar-refractivity contribution is -0.00409. The summed E-state index contributed by atoms with van der Waals surface area (Å²) in [4.78, 5) is 13.9. The number of hydrogen-bond donors (Lipinski definition) is 1. The molecule has 0 bridgehead atoms. The molecule has 6 nitrogen and oxygen atoms in total. The largest absolute Gasteiger partial charge is 0.486 e. The molecule has 1 saturated heterocycles. The number of morpholine rings is 1. The van der Waals surface area contributed by atoms with Crippen LogP contribution in [0.3, 0.4) is 0 Å². The molecule has 0 saturated carbocycles. The van der Waals surface area contributed by atoms with E-state index in [4.69, 9.17) is 14.2 Å². The number of benzene rings is 1. The molecule has 21 heavy (non-hydrogen) atoms. The quantitative estimate of drug-likeness (QED) is 0.891. The Hall–Kier alpha value is -1.95. The molecule has 2 amide bonds. The fourth-order valence-electron chi connectivity index (χ4n) is 2.48. The number of nitrogens with one attached hydrogen (secondary N) is 1. The highest BCUT2D eigenvalue weighted by molar-refractivity contribution is 5.74.